The molecule has 0 aliphatic carbocycles. The average molecular weight is 361 g/mol. The van der Waals surface area contributed by atoms with Crippen LogP contribution in [0.4, 0.5) is 0 Å². The van der Waals surface area contributed by atoms with Crippen LogP contribution >= 0.6 is 0 Å². The van der Waals surface area contributed by atoms with Crippen LogP contribution in [-0.2, 0) is 17.8 Å². The zero-order valence-corrected chi connectivity index (χ0v) is 16.3. The number of carbonyl (C=O) groups is 1. The van der Waals surface area contributed by atoms with Gasteiger partial charge in [0.1, 0.15) is 0 Å². The predicted molar refractivity (Wildman–Crippen MR) is 110 cm³/mol. The van der Waals surface area contributed by atoms with Crippen LogP contribution in [0.25, 0.3) is 10.9 Å². The molecule has 0 saturated carbocycles. The fourth-order valence-corrected chi connectivity index (χ4v) is 3.92. The van der Waals surface area contributed by atoms with Gasteiger partial charge in [-0.1, -0.05) is 37.8 Å². The highest BCUT2D eigenvalue weighted by Crippen LogP contribution is 2.35. The molecule has 1 aliphatic heterocycles. The number of aromatic nitrogens is 1. The zero-order valence-electron chi connectivity index (χ0n) is 16.3. The lowest BCUT2D eigenvalue weighted by Gasteiger charge is -2.25. The van der Waals surface area contributed by atoms with E-state index in [0.717, 1.165) is 6.42 Å². The second-order valence-corrected chi connectivity index (χ2v) is 7.48. The van der Waals surface area contributed by atoms with Crippen LogP contribution in [0.5, 0.6) is 0 Å². The first kappa shape index (κ1) is 19.1. The minimum Gasteiger partial charge on any atom is -0.344 e. The summed E-state index contributed by atoms with van der Waals surface area (Å²) < 4.78 is 2.19. The predicted octanol–water partition coefficient (Wildman–Crippen LogP) is 3.02. The van der Waals surface area contributed by atoms with Crippen molar-refractivity contribution in [2.45, 2.75) is 52.2 Å². The number of benzene rings is 1. The van der Waals surface area contributed by atoms with Crippen LogP contribution in [0, 0.1) is 30.1 Å². The Balaban J connectivity index is 2.08. The summed E-state index contributed by atoms with van der Waals surface area (Å²) in [7, 11) is 0. The van der Waals surface area contributed by atoms with Crippen LogP contribution in [0.2, 0.25) is 0 Å². The van der Waals surface area contributed by atoms with E-state index in [1.165, 1.54) is 22.0 Å². The molecule has 2 atom stereocenters. The normalized spacial score (nSPS) is 18.5. The van der Waals surface area contributed by atoms with E-state index in [1.54, 1.807) is 0 Å². The number of carbonyl (C=O) groups excluding carboxylic acids is 1. The first-order valence-corrected chi connectivity index (χ1v) is 9.52. The fraction of sp³-hybridized carbons (Fsp3) is 0.435. The largest absolute Gasteiger partial charge is 0.344 e. The van der Waals surface area contributed by atoms with E-state index in [-0.39, 0.29) is 24.5 Å². The number of hydrogen-bond acceptors (Lipinski definition) is 2. The van der Waals surface area contributed by atoms with Gasteiger partial charge in [0.05, 0.1) is 19.1 Å². The van der Waals surface area contributed by atoms with Gasteiger partial charge < -0.3 is 9.88 Å². The SMILES string of the molecule is C#CCNC(=O)C1Cc2cn(CC#CC)c3cccc(c23)C(CC(C)C)N1. The molecule has 1 amide bonds. The minimum atomic E-state index is -0.300. The molecular weight excluding hydrogens is 334 g/mol. The highest BCUT2D eigenvalue weighted by atomic mass is 16.2. The van der Waals surface area contributed by atoms with E-state index < -0.39 is 0 Å². The number of rotatable bonds is 5. The van der Waals surface area contributed by atoms with Gasteiger partial charge in [0.25, 0.3) is 0 Å². The molecule has 2 aromatic rings. The van der Waals surface area contributed by atoms with E-state index in [2.05, 4.69) is 71.2 Å². The number of hydrogen-bond donors (Lipinski definition) is 2. The summed E-state index contributed by atoms with van der Waals surface area (Å²) in [5.41, 5.74) is 3.65. The van der Waals surface area contributed by atoms with Crippen molar-refractivity contribution in [2.24, 2.45) is 5.92 Å². The van der Waals surface area contributed by atoms with E-state index >= 15 is 0 Å². The van der Waals surface area contributed by atoms with Gasteiger partial charge in [0.15, 0.2) is 0 Å². The lowest BCUT2D eigenvalue weighted by atomic mass is 9.94. The Morgan fingerprint density at radius 1 is 1.44 bits per heavy atom. The Morgan fingerprint density at radius 3 is 2.96 bits per heavy atom. The first-order chi connectivity index (χ1) is 13.0. The summed E-state index contributed by atoms with van der Waals surface area (Å²) in [6, 6.07) is 6.26. The monoisotopic (exact) mass is 361 g/mol. The molecule has 1 aromatic heterocycles. The van der Waals surface area contributed by atoms with Crippen LogP contribution < -0.4 is 10.6 Å². The average Bonchev–Trinajstić information content (AvgIpc) is 2.92. The molecule has 0 bridgehead atoms. The topological polar surface area (TPSA) is 46.1 Å². The van der Waals surface area contributed by atoms with E-state index in [4.69, 9.17) is 6.42 Å². The highest BCUT2D eigenvalue weighted by molar-refractivity contribution is 5.90. The molecule has 4 heteroatoms. The van der Waals surface area contributed by atoms with E-state index in [9.17, 15) is 4.79 Å². The summed E-state index contributed by atoms with van der Waals surface area (Å²) in [6.45, 7) is 7.19. The lowest BCUT2D eigenvalue weighted by molar-refractivity contribution is -0.123. The van der Waals surface area contributed by atoms with Gasteiger partial charge in [0.2, 0.25) is 5.91 Å². The van der Waals surface area contributed by atoms with E-state index in [1.807, 2.05) is 6.92 Å². The minimum absolute atomic E-state index is 0.0382. The molecule has 2 unspecified atom stereocenters. The van der Waals surface area contributed by atoms with Crippen molar-refractivity contribution in [1.29, 1.82) is 0 Å². The van der Waals surface area contributed by atoms with Crippen molar-refractivity contribution in [1.82, 2.24) is 15.2 Å². The summed E-state index contributed by atoms with van der Waals surface area (Å²) >= 11 is 0. The molecule has 1 aromatic carbocycles. The molecular formula is C23H27N3O. The quantitative estimate of drug-likeness (QED) is 0.804. The Bertz CT molecular complexity index is 936. The van der Waals surface area contributed by atoms with Crippen LogP contribution in [0.3, 0.4) is 0 Å². The number of nitrogens with one attached hydrogen (secondary N) is 2. The third kappa shape index (κ3) is 4.02. The van der Waals surface area contributed by atoms with Crippen LogP contribution in [-0.4, -0.2) is 23.1 Å². The highest BCUT2D eigenvalue weighted by Gasteiger charge is 2.30. The summed E-state index contributed by atoms with van der Waals surface area (Å²) in [4.78, 5) is 12.7. The number of terminal acetylenes is 1. The van der Waals surface area contributed by atoms with Gasteiger partial charge in [-0.3, -0.25) is 10.1 Å². The summed E-state index contributed by atoms with van der Waals surface area (Å²) in [5, 5.41) is 7.70. The first-order valence-electron chi connectivity index (χ1n) is 9.52. The Labute approximate surface area is 161 Å². The standard InChI is InChI=1S/C23H27N3O/c1-5-7-12-26-15-17-14-20(23(27)24-11-6-2)25-19(13-16(3)4)18-9-8-10-21(26)22(17)18/h2,8-10,15-16,19-20,25H,11-14H2,1,3-4H3,(H,24,27). The molecule has 0 saturated heterocycles. The number of nitrogens with zero attached hydrogens (tertiary/aromatic N) is 1. The molecule has 4 nitrogen and oxygen atoms in total. The molecule has 140 valence electrons. The fourth-order valence-electron chi connectivity index (χ4n) is 3.92. The molecule has 0 fully saturated rings. The van der Waals surface area contributed by atoms with Gasteiger partial charge in [-0.15, -0.1) is 12.3 Å². The smallest absolute Gasteiger partial charge is 0.238 e. The molecule has 3 rings (SSSR count). The molecule has 27 heavy (non-hydrogen) atoms. The van der Waals surface area contributed by atoms with Gasteiger partial charge in [-0.25, -0.2) is 0 Å². The van der Waals surface area contributed by atoms with Crippen LogP contribution in [0.1, 0.15) is 44.4 Å². The molecule has 0 spiro atoms. The van der Waals surface area contributed by atoms with Gasteiger partial charge in [0, 0.05) is 23.1 Å². The third-order valence-electron chi connectivity index (χ3n) is 5.03. The van der Waals surface area contributed by atoms with Crippen molar-refractivity contribution in [2.75, 3.05) is 6.54 Å². The summed E-state index contributed by atoms with van der Waals surface area (Å²) in [5.74, 6) is 9.08. The molecule has 2 N–H and O–H groups in total. The van der Waals surface area contributed by atoms with Gasteiger partial charge >= 0.3 is 0 Å². The van der Waals surface area contributed by atoms with Crippen molar-refractivity contribution in [3.8, 4) is 24.2 Å². The van der Waals surface area contributed by atoms with Gasteiger partial charge in [-0.2, -0.15) is 0 Å². The summed E-state index contributed by atoms with van der Waals surface area (Å²) in [6.07, 6.45) is 9.08. The zero-order chi connectivity index (χ0) is 19.4. The van der Waals surface area contributed by atoms with Crippen molar-refractivity contribution in [3.63, 3.8) is 0 Å². The van der Waals surface area contributed by atoms with Gasteiger partial charge in [-0.05, 0) is 42.9 Å². The van der Waals surface area contributed by atoms with Crippen molar-refractivity contribution < 1.29 is 4.79 Å². The maximum Gasteiger partial charge on any atom is 0.238 e. The Morgan fingerprint density at radius 2 is 2.26 bits per heavy atom. The Kier molecular flexibility index (Phi) is 5.89. The molecule has 1 aliphatic rings. The second kappa shape index (κ2) is 8.33. The molecule has 2 heterocycles. The number of amides is 1. The third-order valence-corrected chi connectivity index (χ3v) is 5.03. The van der Waals surface area contributed by atoms with Crippen molar-refractivity contribution in [3.05, 3.63) is 35.5 Å². The van der Waals surface area contributed by atoms with E-state index in [0.29, 0.717) is 18.9 Å². The maximum atomic E-state index is 12.7. The Hall–Kier alpha value is -2.69. The van der Waals surface area contributed by atoms with Crippen LogP contribution in [0.15, 0.2) is 24.4 Å². The second-order valence-electron chi connectivity index (χ2n) is 7.48. The lowest BCUT2D eigenvalue weighted by Crippen LogP contribution is -2.46. The molecule has 0 radical (unpaired) electrons. The maximum absolute atomic E-state index is 12.7. The van der Waals surface area contributed by atoms with Crippen molar-refractivity contribution >= 4 is 16.8 Å².